The largest absolute Gasteiger partial charge is 0.489 e. The average Bonchev–Trinajstić information content (AvgIpc) is 3.03. The third-order valence-corrected chi connectivity index (χ3v) is 3.59. The zero-order valence-electron chi connectivity index (χ0n) is 11.6. The van der Waals surface area contributed by atoms with Crippen molar-refractivity contribution in [3.05, 3.63) is 77.5 Å². The van der Waals surface area contributed by atoms with Gasteiger partial charge in [0.1, 0.15) is 12.4 Å². The molecule has 1 heterocycles. The standard InChI is InChI=1S/C18H16N2O/c19-10-16-11-20-12-18(16)15-7-4-8-17(9-15)21-13-14-5-2-1-3-6-14/h1-9,11,18,20H,12-13H2. The number of benzene rings is 2. The van der Waals surface area contributed by atoms with Gasteiger partial charge in [0.05, 0.1) is 11.6 Å². The molecule has 0 amide bonds. The zero-order valence-corrected chi connectivity index (χ0v) is 11.6. The molecule has 0 fully saturated rings. The summed E-state index contributed by atoms with van der Waals surface area (Å²) in [6, 6.07) is 20.3. The van der Waals surface area contributed by atoms with Crippen molar-refractivity contribution in [2.75, 3.05) is 6.54 Å². The van der Waals surface area contributed by atoms with Crippen molar-refractivity contribution in [1.82, 2.24) is 5.32 Å². The maximum atomic E-state index is 9.13. The van der Waals surface area contributed by atoms with Gasteiger partial charge in [-0.05, 0) is 23.3 Å². The van der Waals surface area contributed by atoms with Crippen LogP contribution in [0.3, 0.4) is 0 Å². The van der Waals surface area contributed by atoms with Crippen LogP contribution in [-0.4, -0.2) is 6.54 Å². The van der Waals surface area contributed by atoms with Crippen LogP contribution in [0.25, 0.3) is 0 Å². The molecular weight excluding hydrogens is 260 g/mol. The van der Waals surface area contributed by atoms with Crippen LogP contribution in [0.2, 0.25) is 0 Å². The predicted molar refractivity (Wildman–Crippen MR) is 81.7 cm³/mol. The molecule has 0 radical (unpaired) electrons. The van der Waals surface area contributed by atoms with Crippen molar-refractivity contribution in [1.29, 1.82) is 5.26 Å². The Morgan fingerprint density at radius 2 is 2.00 bits per heavy atom. The lowest BCUT2D eigenvalue weighted by Crippen LogP contribution is -2.08. The van der Waals surface area contributed by atoms with E-state index in [2.05, 4.69) is 11.4 Å². The first kappa shape index (κ1) is 13.3. The summed E-state index contributed by atoms with van der Waals surface area (Å²) in [5.74, 6) is 0.954. The van der Waals surface area contributed by atoms with Gasteiger partial charge < -0.3 is 10.1 Å². The molecule has 1 aliphatic rings. The molecule has 3 heteroatoms. The first-order valence-electron chi connectivity index (χ1n) is 6.97. The minimum Gasteiger partial charge on any atom is -0.489 e. The van der Waals surface area contributed by atoms with Gasteiger partial charge in [0.25, 0.3) is 0 Å². The summed E-state index contributed by atoms with van der Waals surface area (Å²) in [5, 5.41) is 12.3. The lowest BCUT2D eigenvalue weighted by Gasteiger charge is -2.12. The average molecular weight is 276 g/mol. The van der Waals surface area contributed by atoms with Gasteiger partial charge in [-0.3, -0.25) is 0 Å². The molecule has 2 aromatic rings. The quantitative estimate of drug-likeness (QED) is 0.931. The van der Waals surface area contributed by atoms with Gasteiger partial charge in [0.2, 0.25) is 0 Å². The Labute approximate surface area is 124 Å². The lowest BCUT2D eigenvalue weighted by molar-refractivity contribution is 0.306. The number of hydrogen-bond donors (Lipinski definition) is 1. The fourth-order valence-electron chi connectivity index (χ4n) is 2.47. The van der Waals surface area contributed by atoms with E-state index in [9.17, 15) is 0 Å². The third-order valence-electron chi connectivity index (χ3n) is 3.59. The zero-order chi connectivity index (χ0) is 14.5. The molecule has 0 spiro atoms. The van der Waals surface area contributed by atoms with E-state index in [-0.39, 0.29) is 5.92 Å². The number of rotatable bonds is 4. The number of ether oxygens (including phenoxy) is 1. The van der Waals surface area contributed by atoms with Crippen LogP contribution in [0, 0.1) is 11.3 Å². The molecule has 2 aromatic carbocycles. The Kier molecular flexibility index (Phi) is 3.88. The molecule has 0 aromatic heterocycles. The van der Waals surface area contributed by atoms with Crippen molar-refractivity contribution >= 4 is 0 Å². The predicted octanol–water partition coefficient (Wildman–Crippen LogP) is 3.36. The summed E-state index contributed by atoms with van der Waals surface area (Å²) in [6.07, 6.45) is 1.79. The molecule has 1 unspecified atom stereocenters. The maximum absolute atomic E-state index is 9.13. The summed E-state index contributed by atoms with van der Waals surface area (Å²) in [5.41, 5.74) is 3.02. The Bertz CT molecular complexity index is 686. The van der Waals surface area contributed by atoms with Gasteiger partial charge in [-0.2, -0.15) is 5.26 Å². The molecule has 0 saturated heterocycles. The van der Waals surface area contributed by atoms with E-state index >= 15 is 0 Å². The monoisotopic (exact) mass is 276 g/mol. The molecular formula is C18H16N2O. The molecule has 21 heavy (non-hydrogen) atoms. The van der Waals surface area contributed by atoms with Crippen LogP contribution >= 0.6 is 0 Å². The Hall–Kier alpha value is -2.73. The topological polar surface area (TPSA) is 45.0 Å². The van der Waals surface area contributed by atoms with Crippen LogP contribution in [0.15, 0.2) is 66.4 Å². The third kappa shape index (κ3) is 3.06. The van der Waals surface area contributed by atoms with Gasteiger partial charge in [-0.25, -0.2) is 0 Å². The van der Waals surface area contributed by atoms with E-state index in [1.165, 1.54) is 0 Å². The minimum absolute atomic E-state index is 0.121. The van der Waals surface area contributed by atoms with Gasteiger partial charge in [-0.1, -0.05) is 42.5 Å². The molecule has 1 atom stereocenters. The van der Waals surface area contributed by atoms with Crippen molar-refractivity contribution in [2.24, 2.45) is 0 Å². The molecule has 0 saturated carbocycles. The number of nitriles is 1. The van der Waals surface area contributed by atoms with Crippen LogP contribution in [-0.2, 0) is 6.61 Å². The fourth-order valence-corrected chi connectivity index (χ4v) is 2.47. The highest BCUT2D eigenvalue weighted by Crippen LogP contribution is 2.29. The minimum atomic E-state index is 0.121. The molecule has 1 aliphatic heterocycles. The fraction of sp³-hybridized carbons (Fsp3) is 0.167. The van der Waals surface area contributed by atoms with Crippen molar-refractivity contribution in [3.8, 4) is 11.8 Å². The van der Waals surface area contributed by atoms with Crippen LogP contribution in [0.4, 0.5) is 0 Å². The van der Waals surface area contributed by atoms with E-state index in [4.69, 9.17) is 10.00 Å². The molecule has 0 aliphatic carbocycles. The van der Waals surface area contributed by atoms with E-state index in [1.807, 2.05) is 54.6 Å². The number of nitrogens with one attached hydrogen (secondary N) is 1. The first-order valence-corrected chi connectivity index (χ1v) is 6.97. The summed E-state index contributed by atoms with van der Waals surface area (Å²) in [6.45, 7) is 1.32. The van der Waals surface area contributed by atoms with Gasteiger partial charge in [-0.15, -0.1) is 0 Å². The van der Waals surface area contributed by atoms with Crippen molar-refractivity contribution in [3.63, 3.8) is 0 Å². The summed E-state index contributed by atoms with van der Waals surface area (Å²) < 4.78 is 5.84. The molecule has 3 rings (SSSR count). The van der Waals surface area contributed by atoms with Gasteiger partial charge >= 0.3 is 0 Å². The van der Waals surface area contributed by atoms with E-state index in [0.29, 0.717) is 6.61 Å². The summed E-state index contributed by atoms with van der Waals surface area (Å²) >= 11 is 0. The molecule has 0 bridgehead atoms. The molecule has 1 N–H and O–H groups in total. The smallest absolute Gasteiger partial charge is 0.120 e. The normalized spacial score (nSPS) is 16.7. The number of hydrogen-bond acceptors (Lipinski definition) is 3. The summed E-state index contributed by atoms with van der Waals surface area (Å²) in [7, 11) is 0. The van der Waals surface area contributed by atoms with Crippen LogP contribution in [0.5, 0.6) is 5.75 Å². The Morgan fingerprint density at radius 3 is 2.81 bits per heavy atom. The second-order valence-electron chi connectivity index (χ2n) is 5.02. The second-order valence-corrected chi connectivity index (χ2v) is 5.02. The van der Waals surface area contributed by atoms with Crippen LogP contribution < -0.4 is 10.1 Å². The van der Waals surface area contributed by atoms with Crippen molar-refractivity contribution < 1.29 is 4.74 Å². The van der Waals surface area contributed by atoms with Crippen LogP contribution in [0.1, 0.15) is 17.0 Å². The van der Waals surface area contributed by atoms with Crippen molar-refractivity contribution in [2.45, 2.75) is 12.5 Å². The van der Waals surface area contributed by atoms with E-state index in [1.54, 1.807) is 6.20 Å². The maximum Gasteiger partial charge on any atom is 0.120 e. The Balaban J connectivity index is 1.72. The number of nitrogens with zero attached hydrogens (tertiary/aromatic N) is 1. The molecule has 3 nitrogen and oxygen atoms in total. The second kappa shape index (κ2) is 6.15. The SMILES string of the molecule is N#CC1=CNCC1c1cccc(OCc2ccccc2)c1. The summed E-state index contributed by atoms with van der Waals surface area (Å²) in [4.78, 5) is 0. The molecule has 104 valence electrons. The highest BCUT2D eigenvalue weighted by Gasteiger charge is 2.21. The van der Waals surface area contributed by atoms with Gasteiger partial charge in [0, 0.05) is 18.7 Å². The highest BCUT2D eigenvalue weighted by atomic mass is 16.5. The van der Waals surface area contributed by atoms with Gasteiger partial charge in [0.15, 0.2) is 0 Å². The first-order chi connectivity index (χ1) is 10.4. The van der Waals surface area contributed by atoms with E-state index in [0.717, 1.165) is 29.0 Å². The highest BCUT2D eigenvalue weighted by molar-refractivity contribution is 5.42. The van der Waals surface area contributed by atoms with E-state index < -0.39 is 0 Å². The Morgan fingerprint density at radius 1 is 1.14 bits per heavy atom. The lowest BCUT2D eigenvalue weighted by atomic mass is 9.94.